The summed E-state index contributed by atoms with van der Waals surface area (Å²) in [5.41, 5.74) is 2.37. The minimum atomic E-state index is -0.180. The molecule has 1 aromatic heterocycles. The lowest BCUT2D eigenvalue weighted by Crippen LogP contribution is -2.25. The van der Waals surface area contributed by atoms with Gasteiger partial charge in [-0.2, -0.15) is 0 Å². The summed E-state index contributed by atoms with van der Waals surface area (Å²) in [6.45, 7) is 0. The number of nitrogens with zero attached hydrogens (tertiary/aromatic N) is 2. The number of aliphatic imine (C=N–C) groups is 1. The Balaban J connectivity index is 1.76. The van der Waals surface area contributed by atoms with Gasteiger partial charge in [-0.3, -0.25) is 9.78 Å². The number of amides is 1. The Labute approximate surface area is 128 Å². The third kappa shape index (κ3) is 3.20. The van der Waals surface area contributed by atoms with Crippen LogP contribution in [0, 0.1) is 0 Å². The monoisotopic (exact) mass is 293 g/mol. The highest BCUT2D eigenvalue weighted by atomic mass is 16.5. The molecule has 0 unspecified atom stereocenters. The van der Waals surface area contributed by atoms with E-state index in [1.54, 1.807) is 25.6 Å². The number of hydrogen-bond donors (Lipinski definition) is 1. The maximum absolute atomic E-state index is 12.0. The van der Waals surface area contributed by atoms with Crippen molar-refractivity contribution < 1.29 is 9.53 Å². The quantitative estimate of drug-likeness (QED) is 0.879. The van der Waals surface area contributed by atoms with Gasteiger partial charge in [0.2, 0.25) is 0 Å². The molecule has 1 aromatic carbocycles. The SMILES string of the molecule is COc1ccc(CC2=N/C(=C/c3ccncc3)C(=O)N2)cc1. The second-order valence-corrected chi connectivity index (χ2v) is 4.85. The van der Waals surface area contributed by atoms with Crippen molar-refractivity contribution in [3.8, 4) is 5.75 Å². The van der Waals surface area contributed by atoms with E-state index in [4.69, 9.17) is 4.74 Å². The van der Waals surface area contributed by atoms with Crippen molar-refractivity contribution in [2.24, 2.45) is 4.99 Å². The van der Waals surface area contributed by atoms with E-state index in [9.17, 15) is 4.79 Å². The summed E-state index contributed by atoms with van der Waals surface area (Å²) in [6.07, 6.45) is 5.68. The van der Waals surface area contributed by atoms with Crippen molar-refractivity contribution in [2.45, 2.75) is 6.42 Å². The number of pyridine rings is 1. The molecule has 5 heteroatoms. The predicted molar refractivity (Wildman–Crippen MR) is 84.5 cm³/mol. The number of carbonyl (C=O) groups is 1. The van der Waals surface area contributed by atoms with Gasteiger partial charge in [0.25, 0.3) is 5.91 Å². The molecular weight excluding hydrogens is 278 g/mol. The Morgan fingerprint density at radius 3 is 2.55 bits per heavy atom. The highest BCUT2D eigenvalue weighted by Gasteiger charge is 2.19. The van der Waals surface area contributed by atoms with Gasteiger partial charge in [-0.25, -0.2) is 4.99 Å². The minimum Gasteiger partial charge on any atom is -0.497 e. The first-order valence-electron chi connectivity index (χ1n) is 6.88. The van der Waals surface area contributed by atoms with Crippen molar-refractivity contribution in [3.05, 3.63) is 65.6 Å². The average Bonchev–Trinajstić information content (AvgIpc) is 2.88. The summed E-state index contributed by atoms with van der Waals surface area (Å²) in [4.78, 5) is 20.3. The van der Waals surface area contributed by atoms with Crippen LogP contribution >= 0.6 is 0 Å². The van der Waals surface area contributed by atoms with E-state index in [0.717, 1.165) is 16.9 Å². The number of aromatic nitrogens is 1. The van der Waals surface area contributed by atoms with Crippen LogP contribution in [0.25, 0.3) is 6.08 Å². The van der Waals surface area contributed by atoms with Crippen molar-refractivity contribution in [2.75, 3.05) is 7.11 Å². The normalized spacial score (nSPS) is 15.6. The van der Waals surface area contributed by atoms with E-state index in [-0.39, 0.29) is 5.91 Å². The topological polar surface area (TPSA) is 63.6 Å². The van der Waals surface area contributed by atoms with E-state index in [2.05, 4.69) is 15.3 Å². The number of nitrogens with one attached hydrogen (secondary N) is 1. The van der Waals surface area contributed by atoms with Crippen LogP contribution in [0.3, 0.4) is 0 Å². The molecule has 110 valence electrons. The van der Waals surface area contributed by atoms with Gasteiger partial charge in [0.05, 0.1) is 7.11 Å². The Bertz CT molecular complexity index is 734. The maximum Gasteiger partial charge on any atom is 0.275 e. The smallest absolute Gasteiger partial charge is 0.275 e. The molecule has 0 saturated carbocycles. The first-order valence-corrected chi connectivity index (χ1v) is 6.88. The summed E-state index contributed by atoms with van der Waals surface area (Å²) in [7, 11) is 1.63. The predicted octanol–water partition coefficient (Wildman–Crippen LogP) is 2.20. The molecule has 0 bridgehead atoms. The molecule has 1 amide bonds. The number of ether oxygens (including phenoxy) is 1. The van der Waals surface area contributed by atoms with Crippen LogP contribution in [0.5, 0.6) is 5.75 Å². The third-order valence-corrected chi connectivity index (χ3v) is 3.29. The zero-order chi connectivity index (χ0) is 15.4. The minimum absolute atomic E-state index is 0.180. The molecule has 1 aliphatic rings. The standard InChI is InChI=1S/C17H15N3O2/c1-22-14-4-2-12(3-5-14)11-16-19-15(17(21)20-16)10-13-6-8-18-9-7-13/h2-10H,11H2,1H3,(H,19,20,21)/b15-10+. The number of methoxy groups -OCH3 is 1. The van der Waals surface area contributed by atoms with Crippen LogP contribution in [-0.4, -0.2) is 23.8 Å². The van der Waals surface area contributed by atoms with Gasteiger partial charge in [-0.05, 0) is 41.5 Å². The van der Waals surface area contributed by atoms with Gasteiger partial charge in [-0.15, -0.1) is 0 Å². The summed E-state index contributed by atoms with van der Waals surface area (Å²) < 4.78 is 5.13. The van der Waals surface area contributed by atoms with E-state index >= 15 is 0 Å². The van der Waals surface area contributed by atoms with Crippen LogP contribution < -0.4 is 10.1 Å². The summed E-state index contributed by atoms with van der Waals surface area (Å²) >= 11 is 0. The van der Waals surface area contributed by atoms with Crippen molar-refractivity contribution in [1.29, 1.82) is 0 Å². The van der Waals surface area contributed by atoms with Crippen LogP contribution in [0.15, 0.2) is 59.5 Å². The zero-order valence-electron chi connectivity index (χ0n) is 12.1. The van der Waals surface area contributed by atoms with Gasteiger partial charge in [-0.1, -0.05) is 12.1 Å². The van der Waals surface area contributed by atoms with Gasteiger partial charge in [0, 0.05) is 18.8 Å². The largest absolute Gasteiger partial charge is 0.497 e. The van der Waals surface area contributed by atoms with Crippen LogP contribution in [0.4, 0.5) is 0 Å². The molecular formula is C17H15N3O2. The molecule has 0 spiro atoms. The molecule has 3 rings (SSSR count). The van der Waals surface area contributed by atoms with Crippen LogP contribution in [0.2, 0.25) is 0 Å². The molecule has 0 fully saturated rings. The maximum atomic E-state index is 12.0. The molecule has 1 N–H and O–H groups in total. The Hall–Kier alpha value is -2.95. The highest BCUT2D eigenvalue weighted by Crippen LogP contribution is 2.15. The fourth-order valence-corrected chi connectivity index (χ4v) is 2.16. The van der Waals surface area contributed by atoms with Crippen LogP contribution in [0.1, 0.15) is 11.1 Å². The number of amidine groups is 1. The summed E-state index contributed by atoms with van der Waals surface area (Å²) in [6, 6.07) is 11.4. The Kier molecular flexibility index (Phi) is 3.96. The van der Waals surface area contributed by atoms with E-state index < -0.39 is 0 Å². The first kappa shape index (κ1) is 14.0. The number of benzene rings is 1. The second kappa shape index (κ2) is 6.22. The zero-order valence-corrected chi connectivity index (χ0v) is 12.1. The first-order chi connectivity index (χ1) is 10.7. The van der Waals surface area contributed by atoms with E-state index in [0.29, 0.717) is 18.0 Å². The lowest BCUT2D eigenvalue weighted by Gasteiger charge is -2.03. The van der Waals surface area contributed by atoms with Gasteiger partial charge < -0.3 is 10.1 Å². The molecule has 0 aliphatic carbocycles. The van der Waals surface area contributed by atoms with Crippen molar-refractivity contribution in [1.82, 2.24) is 10.3 Å². The van der Waals surface area contributed by atoms with E-state index in [1.165, 1.54) is 0 Å². The van der Waals surface area contributed by atoms with Crippen molar-refractivity contribution in [3.63, 3.8) is 0 Å². The molecule has 2 heterocycles. The number of hydrogen-bond acceptors (Lipinski definition) is 4. The number of carbonyl (C=O) groups excluding carboxylic acids is 1. The molecule has 0 radical (unpaired) electrons. The molecule has 22 heavy (non-hydrogen) atoms. The second-order valence-electron chi connectivity index (χ2n) is 4.85. The lowest BCUT2D eigenvalue weighted by atomic mass is 10.1. The Morgan fingerprint density at radius 1 is 1.14 bits per heavy atom. The molecule has 2 aromatic rings. The van der Waals surface area contributed by atoms with Gasteiger partial charge in [0.15, 0.2) is 0 Å². The lowest BCUT2D eigenvalue weighted by molar-refractivity contribution is -0.115. The van der Waals surface area contributed by atoms with Crippen LogP contribution in [-0.2, 0) is 11.2 Å². The molecule has 1 aliphatic heterocycles. The summed E-state index contributed by atoms with van der Waals surface area (Å²) in [5.74, 6) is 1.27. The van der Waals surface area contributed by atoms with E-state index in [1.807, 2.05) is 36.4 Å². The number of rotatable bonds is 4. The fourth-order valence-electron chi connectivity index (χ4n) is 2.16. The molecule has 0 atom stereocenters. The van der Waals surface area contributed by atoms with Crippen molar-refractivity contribution >= 4 is 17.8 Å². The average molecular weight is 293 g/mol. The third-order valence-electron chi connectivity index (χ3n) is 3.29. The molecule has 5 nitrogen and oxygen atoms in total. The van der Waals surface area contributed by atoms with Gasteiger partial charge in [0.1, 0.15) is 17.3 Å². The fraction of sp³-hybridized carbons (Fsp3) is 0.118. The van der Waals surface area contributed by atoms with Gasteiger partial charge >= 0.3 is 0 Å². The molecule has 0 saturated heterocycles. The summed E-state index contributed by atoms with van der Waals surface area (Å²) in [5, 5.41) is 2.80. The highest BCUT2D eigenvalue weighted by molar-refractivity contribution is 6.14. The Morgan fingerprint density at radius 2 is 1.86 bits per heavy atom.